The molecular weight excluding hydrogens is 368 g/mol. The zero-order valence-electron chi connectivity index (χ0n) is 19.9. The van der Waals surface area contributed by atoms with E-state index in [9.17, 15) is 10.2 Å². The second-order valence-electron chi connectivity index (χ2n) is 11.0. The summed E-state index contributed by atoms with van der Waals surface area (Å²) in [5.41, 5.74) is 3.77. The molecule has 0 amide bonds. The maximum absolute atomic E-state index is 10.1. The van der Waals surface area contributed by atoms with Crippen LogP contribution in [0, 0.1) is 35.0 Å². The second kappa shape index (κ2) is 9.57. The topological polar surface area (TPSA) is 40.5 Å². The van der Waals surface area contributed by atoms with Crippen LogP contribution in [0.4, 0.5) is 0 Å². The molecule has 0 radical (unpaired) electrons. The molecule has 0 aromatic rings. The van der Waals surface area contributed by atoms with Gasteiger partial charge in [0.2, 0.25) is 0 Å². The predicted molar refractivity (Wildman–Crippen MR) is 127 cm³/mol. The van der Waals surface area contributed by atoms with Crippen molar-refractivity contribution >= 4 is 0 Å². The van der Waals surface area contributed by atoms with Gasteiger partial charge in [-0.3, -0.25) is 0 Å². The van der Waals surface area contributed by atoms with Crippen LogP contribution < -0.4 is 0 Å². The van der Waals surface area contributed by atoms with E-state index in [-0.39, 0.29) is 0 Å². The van der Waals surface area contributed by atoms with Gasteiger partial charge in [-0.1, -0.05) is 71.1 Å². The van der Waals surface area contributed by atoms with Crippen LogP contribution in [-0.2, 0) is 0 Å². The van der Waals surface area contributed by atoms with Crippen molar-refractivity contribution in [3.63, 3.8) is 0 Å². The van der Waals surface area contributed by atoms with Crippen molar-refractivity contribution in [2.45, 2.75) is 91.8 Å². The largest absolute Gasteiger partial charge is 0.393 e. The van der Waals surface area contributed by atoms with Crippen molar-refractivity contribution in [1.29, 1.82) is 0 Å². The molecule has 3 rings (SSSR count). The SMILES string of the molecule is C=C1/C(=C/C=C2/CCCC3(C)C2CCC3[C@H](C)/C=C/[C@@H](C)C(C)C)C[C@@H](O)C[C@@H]1O. The fourth-order valence-corrected chi connectivity index (χ4v) is 6.32. The molecule has 0 saturated heterocycles. The molecule has 168 valence electrons. The number of aliphatic hydroxyl groups is 2. The van der Waals surface area contributed by atoms with Gasteiger partial charge in [0.1, 0.15) is 0 Å². The van der Waals surface area contributed by atoms with E-state index in [1.54, 1.807) is 5.57 Å². The van der Waals surface area contributed by atoms with Crippen LogP contribution >= 0.6 is 0 Å². The van der Waals surface area contributed by atoms with E-state index in [0.717, 1.165) is 17.1 Å². The van der Waals surface area contributed by atoms with Gasteiger partial charge in [0.25, 0.3) is 0 Å². The molecule has 2 N–H and O–H groups in total. The van der Waals surface area contributed by atoms with Crippen molar-refractivity contribution in [2.24, 2.45) is 35.0 Å². The lowest BCUT2D eigenvalue weighted by Crippen LogP contribution is -2.35. The normalized spacial score (nSPS) is 39.8. The highest BCUT2D eigenvalue weighted by Gasteiger charge is 2.50. The molecule has 0 spiro atoms. The predicted octanol–water partition coefficient (Wildman–Crippen LogP) is 6.61. The number of hydrogen-bond acceptors (Lipinski definition) is 2. The van der Waals surface area contributed by atoms with Crippen LogP contribution in [0.25, 0.3) is 0 Å². The lowest BCUT2D eigenvalue weighted by molar-refractivity contribution is 0.0862. The third-order valence-electron chi connectivity index (χ3n) is 8.71. The maximum atomic E-state index is 10.1. The van der Waals surface area contributed by atoms with Crippen LogP contribution in [0.2, 0.25) is 0 Å². The summed E-state index contributed by atoms with van der Waals surface area (Å²) < 4.78 is 0. The summed E-state index contributed by atoms with van der Waals surface area (Å²) in [7, 11) is 0. The number of hydrogen-bond donors (Lipinski definition) is 2. The lowest BCUT2D eigenvalue weighted by Gasteiger charge is -2.44. The minimum absolute atomic E-state index is 0.385. The summed E-state index contributed by atoms with van der Waals surface area (Å²) >= 11 is 0. The Morgan fingerprint density at radius 1 is 1.07 bits per heavy atom. The Balaban J connectivity index is 1.76. The average molecular weight is 413 g/mol. The average Bonchev–Trinajstić information content (AvgIpc) is 3.04. The summed E-state index contributed by atoms with van der Waals surface area (Å²) in [6.07, 6.45) is 15.8. The van der Waals surface area contributed by atoms with Gasteiger partial charge < -0.3 is 10.2 Å². The lowest BCUT2D eigenvalue weighted by atomic mass is 9.61. The van der Waals surface area contributed by atoms with Gasteiger partial charge >= 0.3 is 0 Å². The number of fused-ring (bicyclic) bond motifs is 1. The van der Waals surface area contributed by atoms with Crippen molar-refractivity contribution in [2.75, 3.05) is 0 Å². The number of allylic oxidation sites excluding steroid dienone is 5. The first-order chi connectivity index (χ1) is 14.1. The van der Waals surface area contributed by atoms with E-state index in [4.69, 9.17) is 0 Å². The first-order valence-corrected chi connectivity index (χ1v) is 12.3. The molecular formula is C28H44O2. The summed E-state index contributed by atoms with van der Waals surface area (Å²) in [6, 6.07) is 0. The van der Waals surface area contributed by atoms with E-state index in [2.05, 4.69) is 65.5 Å². The fraction of sp³-hybridized carbons (Fsp3) is 0.714. The molecule has 2 nitrogen and oxygen atoms in total. The molecule has 0 heterocycles. The van der Waals surface area contributed by atoms with Crippen LogP contribution in [0.5, 0.6) is 0 Å². The Bertz CT molecular complexity index is 712. The first kappa shape index (κ1) is 23.5. The van der Waals surface area contributed by atoms with E-state index < -0.39 is 12.2 Å². The third kappa shape index (κ3) is 4.86. The van der Waals surface area contributed by atoms with Gasteiger partial charge in [0.15, 0.2) is 0 Å². The van der Waals surface area contributed by atoms with Crippen molar-refractivity contribution in [3.8, 4) is 0 Å². The van der Waals surface area contributed by atoms with Gasteiger partial charge in [-0.05, 0) is 84.7 Å². The molecule has 7 atom stereocenters. The summed E-state index contributed by atoms with van der Waals surface area (Å²) in [6.45, 7) is 16.0. The van der Waals surface area contributed by atoms with Gasteiger partial charge in [0, 0.05) is 6.42 Å². The quantitative estimate of drug-likeness (QED) is 0.499. The van der Waals surface area contributed by atoms with Crippen molar-refractivity contribution in [3.05, 3.63) is 47.6 Å². The van der Waals surface area contributed by atoms with Crippen LogP contribution in [0.1, 0.15) is 79.6 Å². The minimum atomic E-state index is -0.605. The van der Waals surface area contributed by atoms with Crippen LogP contribution in [0.3, 0.4) is 0 Å². The maximum Gasteiger partial charge on any atom is 0.0811 e. The van der Waals surface area contributed by atoms with E-state index in [1.165, 1.54) is 32.1 Å². The highest BCUT2D eigenvalue weighted by Crippen LogP contribution is 2.59. The molecule has 3 aliphatic rings. The van der Waals surface area contributed by atoms with Gasteiger partial charge in [-0.2, -0.15) is 0 Å². The van der Waals surface area contributed by atoms with Crippen LogP contribution in [-0.4, -0.2) is 22.4 Å². The Morgan fingerprint density at radius 3 is 2.50 bits per heavy atom. The van der Waals surface area contributed by atoms with Crippen LogP contribution in [0.15, 0.2) is 47.6 Å². The summed E-state index contributed by atoms with van der Waals surface area (Å²) in [5, 5.41) is 20.2. The standard InChI is InChI=1S/C28H44O2/c1-18(2)19(3)9-10-20(4)25-13-14-26-22(8-7-15-28(25,26)6)11-12-23-16-24(29)17-27(30)21(23)5/h9-12,18-20,24-27,29-30H,5,7-8,13-17H2,1-4,6H3/b10-9+,22-11-,23-12+/t19-,20-,24-,25?,26?,27+,28?/m1/s1. The molecule has 0 bridgehead atoms. The molecule has 3 unspecified atom stereocenters. The number of aliphatic hydroxyl groups excluding tert-OH is 2. The smallest absolute Gasteiger partial charge is 0.0811 e. The van der Waals surface area contributed by atoms with Gasteiger partial charge in [0.05, 0.1) is 12.2 Å². The Morgan fingerprint density at radius 2 is 1.80 bits per heavy atom. The minimum Gasteiger partial charge on any atom is -0.393 e. The highest BCUT2D eigenvalue weighted by molar-refractivity contribution is 5.38. The molecule has 3 aliphatic carbocycles. The second-order valence-corrected chi connectivity index (χ2v) is 11.0. The zero-order valence-corrected chi connectivity index (χ0v) is 19.9. The highest BCUT2D eigenvalue weighted by atomic mass is 16.3. The molecule has 0 aromatic heterocycles. The molecule has 3 fully saturated rings. The summed E-state index contributed by atoms with van der Waals surface area (Å²) in [4.78, 5) is 0. The summed E-state index contributed by atoms with van der Waals surface area (Å²) in [5.74, 6) is 3.38. The fourth-order valence-electron chi connectivity index (χ4n) is 6.32. The zero-order chi connectivity index (χ0) is 22.1. The molecule has 0 aliphatic heterocycles. The third-order valence-corrected chi connectivity index (χ3v) is 8.71. The Hall–Kier alpha value is -1.12. The molecule has 0 aromatic carbocycles. The van der Waals surface area contributed by atoms with Crippen molar-refractivity contribution < 1.29 is 10.2 Å². The first-order valence-electron chi connectivity index (χ1n) is 12.3. The monoisotopic (exact) mass is 412 g/mol. The van der Waals surface area contributed by atoms with E-state index in [1.807, 2.05) is 0 Å². The van der Waals surface area contributed by atoms with E-state index in [0.29, 0.717) is 41.9 Å². The number of rotatable bonds is 5. The molecule has 2 heteroatoms. The molecule has 30 heavy (non-hydrogen) atoms. The van der Waals surface area contributed by atoms with Gasteiger partial charge in [-0.15, -0.1) is 0 Å². The Kier molecular flexibility index (Phi) is 7.51. The molecule has 3 saturated carbocycles. The van der Waals surface area contributed by atoms with Gasteiger partial charge in [-0.25, -0.2) is 0 Å². The van der Waals surface area contributed by atoms with E-state index >= 15 is 0 Å². The Labute approximate surface area is 184 Å². The van der Waals surface area contributed by atoms with Crippen molar-refractivity contribution in [1.82, 2.24) is 0 Å².